The molecule has 4 aromatic rings. The van der Waals surface area contributed by atoms with E-state index in [0.717, 1.165) is 16.6 Å². The second-order valence-electron chi connectivity index (χ2n) is 7.51. The fourth-order valence-corrected chi connectivity index (χ4v) is 4.00. The van der Waals surface area contributed by atoms with Gasteiger partial charge in [0.25, 0.3) is 10.0 Å². The van der Waals surface area contributed by atoms with Gasteiger partial charge < -0.3 is 4.98 Å². The van der Waals surface area contributed by atoms with E-state index in [1.165, 1.54) is 6.07 Å². The number of aromatic amines is 2. The molecular formula is C20H19N7O2S. The molecule has 0 aliphatic carbocycles. The number of aromatic nitrogens is 5. The number of hydrogen-bond acceptors (Lipinski definition) is 6. The lowest BCUT2D eigenvalue weighted by atomic mass is 9.97. The molecule has 4 aromatic heterocycles. The monoisotopic (exact) mass is 421 g/mol. The highest BCUT2D eigenvalue weighted by molar-refractivity contribution is 7.89. The van der Waals surface area contributed by atoms with Crippen molar-refractivity contribution in [3.63, 3.8) is 0 Å². The molecule has 0 fully saturated rings. The Bertz CT molecular complexity index is 1350. The molecule has 0 amide bonds. The van der Waals surface area contributed by atoms with Gasteiger partial charge >= 0.3 is 0 Å². The van der Waals surface area contributed by atoms with Gasteiger partial charge in [-0.25, -0.2) is 23.1 Å². The molecule has 3 N–H and O–H groups in total. The molecule has 152 valence electrons. The Morgan fingerprint density at radius 1 is 1.20 bits per heavy atom. The van der Waals surface area contributed by atoms with Crippen molar-refractivity contribution in [1.82, 2.24) is 29.9 Å². The lowest BCUT2D eigenvalue weighted by Crippen LogP contribution is -2.33. The summed E-state index contributed by atoms with van der Waals surface area (Å²) in [4.78, 5) is 12.0. The number of pyridine rings is 2. The third-order valence-corrected chi connectivity index (χ3v) is 5.88. The summed E-state index contributed by atoms with van der Waals surface area (Å²) in [6.45, 7) is 3.31. The Morgan fingerprint density at radius 2 is 2.03 bits per heavy atom. The van der Waals surface area contributed by atoms with E-state index >= 15 is 0 Å². The van der Waals surface area contributed by atoms with Crippen LogP contribution in [0, 0.1) is 16.7 Å². The number of fused-ring (bicyclic) bond motifs is 1. The molecule has 0 aliphatic heterocycles. The third-order valence-electron chi connectivity index (χ3n) is 4.58. The van der Waals surface area contributed by atoms with Crippen molar-refractivity contribution in [1.29, 1.82) is 5.26 Å². The molecule has 9 nitrogen and oxygen atoms in total. The summed E-state index contributed by atoms with van der Waals surface area (Å²) in [5.74, 6) is 0. The first-order valence-corrected chi connectivity index (χ1v) is 10.6. The summed E-state index contributed by atoms with van der Waals surface area (Å²) in [5.41, 5.74) is 2.84. The number of sulfonamides is 1. The first-order valence-electron chi connectivity index (χ1n) is 9.14. The van der Waals surface area contributed by atoms with Crippen LogP contribution < -0.4 is 4.72 Å². The van der Waals surface area contributed by atoms with Crippen molar-refractivity contribution in [3.8, 4) is 28.6 Å². The highest BCUT2D eigenvalue weighted by Gasteiger charge is 2.23. The number of H-pyrrole nitrogens is 2. The predicted octanol–water partition coefficient (Wildman–Crippen LogP) is 2.84. The lowest BCUT2D eigenvalue weighted by molar-refractivity contribution is 0.478. The minimum Gasteiger partial charge on any atom is -0.339 e. The topological polar surface area (TPSA) is 140 Å². The average Bonchev–Trinajstić information content (AvgIpc) is 3.41. The van der Waals surface area contributed by atoms with Crippen LogP contribution in [0.2, 0.25) is 0 Å². The van der Waals surface area contributed by atoms with Crippen LogP contribution in [0.15, 0.2) is 53.9 Å². The second-order valence-corrected chi connectivity index (χ2v) is 9.23. The van der Waals surface area contributed by atoms with Crippen molar-refractivity contribution < 1.29 is 8.42 Å². The summed E-state index contributed by atoms with van der Waals surface area (Å²) >= 11 is 0. The van der Waals surface area contributed by atoms with E-state index in [1.807, 2.05) is 12.1 Å². The van der Waals surface area contributed by atoms with Gasteiger partial charge in [-0.05, 0) is 38.1 Å². The fourth-order valence-electron chi connectivity index (χ4n) is 2.82. The van der Waals surface area contributed by atoms with Crippen molar-refractivity contribution in [2.75, 3.05) is 6.54 Å². The SMILES string of the molecule is CC(C)(C#N)CNS(=O)(=O)c1cccc(-c2cnc3[nH]c(-c4cn[nH]c4)cc3c2)n1. The van der Waals surface area contributed by atoms with E-state index in [2.05, 4.69) is 35.9 Å². The molecule has 0 aromatic carbocycles. The molecule has 0 aliphatic rings. The van der Waals surface area contributed by atoms with E-state index < -0.39 is 15.4 Å². The standard InChI is InChI=1S/C20H19N7O2S/c1-20(2,11-21)12-25-30(28,29)18-5-3-4-16(26-18)14-6-13-7-17(15-9-23-24-10-15)27-19(13)22-8-14/h3-10,25H,12H2,1-2H3,(H,22,27)(H,23,24). The van der Waals surface area contributed by atoms with E-state index in [0.29, 0.717) is 16.9 Å². The van der Waals surface area contributed by atoms with Gasteiger partial charge in [0.2, 0.25) is 0 Å². The smallest absolute Gasteiger partial charge is 0.258 e. The summed E-state index contributed by atoms with van der Waals surface area (Å²) in [6.07, 6.45) is 5.13. The maximum absolute atomic E-state index is 12.6. The average molecular weight is 421 g/mol. The van der Waals surface area contributed by atoms with Crippen LogP contribution in [-0.2, 0) is 10.0 Å². The maximum atomic E-state index is 12.6. The molecule has 4 heterocycles. The van der Waals surface area contributed by atoms with Crippen molar-refractivity contribution in [2.45, 2.75) is 18.9 Å². The lowest BCUT2D eigenvalue weighted by Gasteiger charge is -2.15. The Morgan fingerprint density at radius 3 is 2.77 bits per heavy atom. The third kappa shape index (κ3) is 3.94. The normalized spacial score (nSPS) is 12.2. The van der Waals surface area contributed by atoms with Crippen LogP contribution in [-0.4, -0.2) is 40.1 Å². The number of nitrogens with one attached hydrogen (secondary N) is 3. The van der Waals surface area contributed by atoms with Crippen molar-refractivity contribution in [2.24, 2.45) is 5.41 Å². The Labute approximate surface area is 173 Å². The Hall–Kier alpha value is -3.55. The zero-order valence-corrected chi connectivity index (χ0v) is 17.2. The molecule has 10 heteroatoms. The molecule has 0 saturated carbocycles. The highest BCUT2D eigenvalue weighted by atomic mass is 32.2. The van der Waals surface area contributed by atoms with Gasteiger partial charge in [0.1, 0.15) is 5.65 Å². The number of rotatable bonds is 6. The zero-order valence-electron chi connectivity index (χ0n) is 16.3. The maximum Gasteiger partial charge on any atom is 0.258 e. The Balaban J connectivity index is 1.65. The van der Waals surface area contributed by atoms with Crippen molar-refractivity contribution in [3.05, 3.63) is 48.9 Å². The largest absolute Gasteiger partial charge is 0.339 e. The predicted molar refractivity (Wildman–Crippen MR) is 111 cm³/mol. The minimum absolute atomic E-state index is 0.00854. The van der Waals surface area contributed by atoms with Gasteiger partial charge in [-0.2, -0.15) is 10.4 Å². The summed E-state index contributed by atoms with van der Waals surface area (Å²) < 4.78 is 27.7. The van der Waals surface area contributed by atoms with Crippen LogP contribution in [0.3, 0.4) is 0 Å². The summed E-state index contributed by atoms with van der Waals surface area (Å²) in [5, 5.41) is 16.6. The first-order chi connectivity index (χ1) is 14.3. The molecular weight excluding hydrogens is 402 g/mol. The van der Waals surface area contributed by atoms with Gasteiger partial charge in [-0.15, -0.1) is 0 Å². The van der Waals surface area contributed by atoms with Gasteiger partial charge in [0, 0.05) is 35.5 Å². The molecule has 4 rings (SSSR count). The fraction of sp³-hybridized carbons (Fsp3) is 0.200. The Kier molecular flexibility index (Phi) is 4.85. The zero-order chi connectivity index (χ0) is 21.4. The van der Waals surface area contributed by atoms with Crippen LogP contribution in [0.25, 0.3) is 33.5 Å². The highest BCUT2D eigenvalue weighted by Crippen LogP contribution is 2.26. The van der Waals surface area contributed by atoms with Crippen LogP contribution >= 0.6 is 0 Å². The van der Waals surface area contributed by atoms with Gasteiger partial charge in [0.15, 0.2) is 5.03 Å². The minimum atomic E-state index is -3.85. The first kappa shape index (κ1) is 19.8. The van der Waals surface area contributed by atoms with E-state index in [4.69, 9.17) is 5.26 Å². The molecule has 0 unspecified atom stereocenters. The number of hydrogen-bond donors (Lipinski definition) is 3. The summed E-state index contributed by atoms with van der Waals surface area (Å²) in [7, 11) is -3.85. The molecule has 0 spiro atoms. The van der Waals surface area contributed by atoms with E-state index in [1.54, 1.807) is 44.6 Å². The molecule has 30 heavy (non-hydrogen) atoms. The van der Waals surface area contributed by atoms with Gasteiger partial charge in [0.05, 0.1) is 29.1 Å². The van der Waals surface area contributed by atoms with Crippen molar-refractivity contribution >= 4 is 21.1 Å². The number of nitrogens with zero attached hydrogens (tertiary/aromatic N) is 4. The number of nitriles is 1. The molecule has 0 bridgehead atoms. The molecule has 0 atom stereocenters. The van der Waals surface area contributed by atoms with Crippen LogP contribution in [0.1, 0.15) is 13.8 Å². The van der Waals surface area contributed by atoms with Crippen LogP contribution in [0.4, 0.5) is 0 Å². The quantitative estimate of drug-likeness (QED) is 0.437. The summed E-state index contributed by atoms with van der Waals surface area (Å²) in [6, 6.07) is 10.7. The van der Waals surface area contributed by atoms with Crippen LogP contribution in [0.5, 0.6) is 0 Å². The van der Waals surface area contributed by atoms with Gasteiger partial charge in [-0.3, -0.25) is 5.10 Å². The van der Waals surface area contributed by atoms with E-state index in [9.17, 15) is 8.42 Å². The molecule has 0 saturated heterocycles. The second kappa shape index (κ2) is 7.37. The van der Waals surface area contributed by atoms with E-state index in [-0.39, 0.29) is 11.6 Å². The molecule has 0 radical (unpaired) electrons. The van der Waals surface area contributed by atoms with Gasteiger partial charge in [-0.1, -0.05) is 6.07 Å².